The molecule has 2 aromatic rings. The summed E-state index contributed by atoms with van der Waals surface area (Å²) in [7, 11) is 0. The van der Waals surface area contributed by atoms with Gasteiger partial charge in [-0.2, -0.15) is 5.10 Å². The van der Waals surface area contributed by atoms with Crippen molar-refractivity contribution in [1.29, 1.82) is 0 Å². The second-order valence-electron chi connectivity index (χ2n) is 5.36. The first-order valence-electron chi connectivity index (χ1n) is 6.92. The van der Waals surface area contributed by atoms with Crippen LogP contribution in [0.5, 0.6) is 0 Å². The van der Waals surface area contributed by atoms with Crippen molar-refractivity contribution in [1.82, 2.24) is 14.6 Å². The molecule has 5 nitrogen and oxygen atoms in total. The molecule has 3 heterocycles. The smallest absolute Gasteiger partial charge is 0.152 e. The number of fused-ring (bicyclic) bond motifs is 1. The van der Waals surface area contributed by atoms with Crippen molar-refractivity contribution < 1.29 is 4.74 Å². The Morgan fingerprint density at radius 1 is 1.37 bits per heavy atom. The minimum Gasteiger partial charge on any atom is -0.381 e. The molecule has 2 aromatic heterocycles. The summed E-state index contributed by atoms with van der Waals surface area (Å²) < 4.78 is 7.29. The standard InChI is InChI=1S/C14H20N4O/c1-10(2)12-9-13-14(15-5-6-18(13)17-12)16-11-3-7-19-8-4-11/h5-6,9-11H,3-4,7-8H2,1-2H3,(H,15,16). The van der Waals surface area contributed by atoms with Gasteiger partial charge in [-0.1, -0.05) is 13.8 Å². The van der Waals surface area contributed by atoms with E-state index in [1.807, 2.05) is 10.7 Å². The third kappa shape index (κ3) is 2.56. The van der Waals surface area contributed by atoms with Gasteiger partial charge in [0.05, 0.1) is 5.69 Å². The van der Waals surface area contributed by atoms with Gasteiger partial charge < -0.3 is 10.1 Å². The van der Waals surface area contributed by atoms with Crippen molar-refractivity contribution in [3.8, 4) is 0 Å². The number of hydrogen-bond donors (Lipinski definition) is 1. The fourth-order valence-corrected chi connectivity index (χ4v) is 2.37. The Hall–Kier alpha value is -1.62. The molecule has 1 aliphatic heterocycles. The normalized spacial score (nSPS) is 17.2. The summed E-state index contributed by atoms with van der Waals surface area (Å²) in [5.74, 6) is 1.35. The van der Waals surface area contributed by atoms with Crippen LogP contribution in [0.1, 0.15) is 38.3 Å². The topological polar surface area (TPSA) is 51.5 Å². The van der Waals surface area contributed by atoms with Gasteiger partial charge in [0.25, 0.3) is 0 Å². The molecule has 0 unspecified atom stereocenters. The lowest BCUT2D eigenvalue weighted by Crippen LogP contribution is -2.28. The van der Waals surface area contributed by atoms with E-state index in [9.17, 15) is 0 Å². The van der Waals surface area contributed by atoms with Crippen LogP contribution in [0, 0.1) is 0 Å². The highest BCUT2D eigenvalue weighted by Crippen LogP contribution is 2.21. The predicted octanol–water partition coefficient (Wildman–Crippen LogP) is 2.44. The van der Waals surface area contributed by atoms with Crippen LogP contribution in [0.2, 0.25) is 0 Å². The average molecular weight is 260 g/mol. The summed E-state index contributed by atoms with van der Waals surface area (Å²) in [5.41, 5.74) is 2.15. The van der Waals surface area contributed by atoms with E-state index in [2.05, 4.69) is 35.3 Å². The van der Waals surface area contributed by atoms with Gasteiger partial charge in [0.15, 0.2) is 5.82 Å². The lowest BCUT2D eigenvalue weighted by atomic mass is 10.1. The van der Waals surface area contributed by atoms with Crippen LogP contribution >= 0.6 is 0 Å². The van der Waals surface area contributed by atoms with Crippen LogP contribution < -0.4 is 5.32 Å². The number of nitrogens with zero attached hydrogens (tertiary/aromatic N) is 3. The summed E-state index contributed by atoms with van der Waals surface area (Å²) in [6.45, 7) is 5.97. The molecule has 5 heteroatoms. The number of ether oxygens (including phenoxy) is 1. The molecule has 0 aliphatic carbocycles. The summed E-state index contributed by atoms with van der Waals surface area (Å²) in [6, 6.07) is 2.57. The molecule has 0 aromatic carbocycles. The minimum atomic E-state index is 0.427. The van der Waals surface area contributed by atoms with Gasteiger partial charge in [0, 0.05) is 31.6 Å². The summed E-state index contributed by atoms with van der Waals surface area (Å²) in [4.78, 5) is 4.46. The molecular weight excluding hydrogens is 240 g/mol. The van der Waals surface area contributed by atoms with Gasteiger partial charge in [-0.15, -0.1) is 0 Å². The van der Waals surface area contributed by atoms with Crippen molar-refractivity contribution in [2.24, 2.45) is 0 Å². The molecule has 102 valence electrons. The van der Waals surface area contributed by atoms with Gasteiger partial charge in [-0.05, 0) is 24.8 Å². The summed E-state index contributed by atoms with van der Waals surface area (Å²) >= 11 is 0. The second kappa shape index (κ2) is 5.17. The van der Waals surface area contributed by atoms with Gasteiger partial charge in [0.2, 0.25) is 0 Å². The van der Waals surface area contributed by atoms with Gasteiger partial charge in [0.1, 0.15) is 5.52 Å². The predicted molar refractivity (Wildman–Crippen MR) is 74.5 cm³/mol. The molecule has 0 radical (unpaired) electrons. The molecule has 0 spiro atoms. The number of rotatable bonds is 3. The minimum absolute atomic E-state index is 0.427. The fraction of sp³-hybridized carbons (Fsp3) is 0.571. The Morgan fingerprint density at radius 2 is 2.16 bits per heavy atom. The Labute approximate surface area is 113 Å². The van der Waals surface area contributed by atoms with E-state index in [0.717, 1.165) is 43.1 Å². The molecule has 3 rings (SSSR count). The van der Waals surface area contributed by atoms with E-state index >= 15 is 0 Å². The number of anilines is 1. The molecule has 0 amide bonds. The highest BCUT2D eigenvalue weighted by atomic mass is 16.5. The van der Waals surface area contributed by atoms with Crippen LogP contribution in [0.4, 0.5) is 5.82 Å². The Bertz CT molecular complexity index is 558. The van der Waals surface area contributed by atoms with Crippen LogP contribution in [0.25, 0.3) is 5.52 Å². The van der Waals surface area contributed by atoms with Crippen molar-refractivity contribution in [3.63, 3.8) is 0 Å². The monoisotopic (exact) mass is 260 g/mol. The van der Waals surface area contributed by atoms with Crippen LogP contribution in [-0.2, 0) is 4.74 Å². The molecule has 1 aliphatic rings. The zero-order valence-corrected chi connectivity index (χ0v) is 11.5. The maximum Gasteiger partial charge on any atom is 0.152 e. The average Bonchev–Trinajstić information content (AvgIpc) is 2.85. The third-order valence-electron chi connectivity index (χ3n) is 3.56. The van der Waals surface area contributed by atoms with E-state index in [4.69, 9.17) is 4.74 Å². The Balaban J connectivity index is 1.89. The number of aromatic nitrogens is 3. The molecule has 1 saturated heterocycles. The first-order chi connectivity index (χ1) is 9.24. The van der Waals surface area contributed by atoms with E-state index in [0.29, 0.717) is 12.0 Å². The Morgan fingerprint density at radius 3 is 2.89 bits per heavy atom. The second-order valence-corrected chi connectivity index (χ2v) is 5.36. The lowest BCUT2D eigenvalue weighted by molar-refractivity contribution is 0.0904. The van der Waals surface area contributed by atoms with Gasteiger partial charge in [-0.25, -0.2) is 9.50 Å². The largest absolute Gasteiger partial charge is 0.381 e. The van der Waals surface area contributed by atoms with Crippen molar-refractivity contribution in [2.45, 2.75) is 38.6 Å². The lowest BCUT2D eigenvalue weighted by Gasteiger charge is -2.23. The molecule has 0 saturated carbocycles. The van der Waals surface area contributed by atoms with Crippen LogP contribution in [-0.4, -0.2) is 33.9 Å². The SMILES string of the molecule is CC(C)c1cc2c(NC3CCOCC3)nccn2n1. The maximum atomic E-state index is 5.38. The first kappa shape index (κ1) is 12.4. The fourth-order valence-electron chi connectivity index (χ4n) is 2.37. The quantitative estimate of drug-likeness (QED) is 0.921. The molecule has 1 N–H and O–H groups in total. The highest BCUT2D eigenvalue weighted by molar-refractivity contribution is 5.68. The zero-order valence-electron chi connectivity index (χ0n) is 11.5. The highest BCUT2D eigenvalue weighted by Gasteiger charge is 2.16. The van der Waals surface area contributed by atoms with Crippen molar-refractivity contribution in [3.05, 3.63) is 24.2 Å². The number of hydrogen-bond acceptors (Lipinski definition) is 4. The molecule has 1 fully saturated rings. The zero-order chi connectivity index (χ0) is 13.2. The Kier molecular flexibility index (Phi) is 3.38. The molecular formula is C14H20N4O. The maximum absolute atomic E-state index is 5.38. The van der Waals surface area contributed by atoms with Gasteiger partial charge in [-0.3, -0.25) is 0 Å². The van der Waals surface area contributed by atoms with Crippen molar-refractivity contribution >= 4 is 11.3 Å². The van der Waals surface area contributed by atoms with Crippen molar-refractivity contribution in [2.75, 3.05) is 18.5 Å². The first-order valence-corrected chi connectivity index (χ1v) is 6.92. The van der Waals surface area contributed by atoms with Crippen LogP contribution in [0.15, 0.2) is 18.5 Å². The molecule has 0 atom stereocenters. The van der Waals surface area contributed by atoms with E-state index in [1.54, 1.807) is 6.20 Å². The number of nitrogens with one attached hydrogen (secondary N) is 1. The summed E-state index contributed by atoms with van der Waals surface area (Å²) in [6.07, 6.45) is 5.77. The summed E-state index contributed by atoms with van der Waals surface area (Å²) in [5, 5.41) is 8.10. The van der Waals surface area contributed by atoms with E-state index < -0.39 is 0 Å². The third-order valence-corrected chi connectivity index (χ3v) is 3.56. The van der Waals surface area contributed by atoms with Crippen LogP contribution in [0.3, 0.4) is 0 Å². The van der Waals surface area contributed by atoms with E-state index in [1.165, 1.54) is 0 Å². The van der Waals surface area contributed by atoms with Gasteiger partial charge >= 0.3 is 0 Å². The molecule has 0 bridgehead atoms. The van der Waals surface area contributed by atoms with E-state index in [-0.39, 0.29) is 0 Å². The molecule has 19 heavy (non-hydrogen) atoms.